The molecule has 134 valence electrons. The molecule has 1 aromatic carbocycles. The monoisotopic (exact) mass is 363 g/mol. The van der Waals surface area contributed by atoms with E-state index in [0.29, 0.717) is 34.6 Å². The average molecular weight is 364 g/mol. The minimum absolute atomic E-state index is 0.284. The highest BCUT2D eigenvalue weighted by Gasteiger charge is 2.12. The van der Waals surface area contributed by atoms with Crippen LogP contribution in [0.3, 0.4) is 0 Å². The van der Waals surface area contributed by atoms with Crippen LogP contribution in [-0.4, -0.2) is 55.1 Å². The van der Waals surface area contributed by atoms with Crippen LogP contribution in [-0.2, 0) is 0 Å². The highest BCUT2D eigenvalue weighted by Crippen LogP contribution is 2.27. The molecule has 0 aliphatic carbocycles. The maximum absolute atomic E-state index is 12.5. The Morgan fingerprint density at radius 2 is 2.04 bits per heavy atom. The number of likely N-dealkylation sites (N-methyl/N-ethyl adjacent to an activating group) is 1. The molecule has 2 aromatic rings. The number of anilines is 2. The largest absolute Gasteiger partial charge is 0.495 e. The van der Waals surface area contributed by atoms with Crippen molar-refractivity contribution in [1.82, 2.24) is 14.9 Å². The smallest absolute Gasteiger partial charge is 0.274 e. The zero-order chi connectivity index (χ0) is 18.4. The van der Waals surface area contributed by atoms with Crippen molar-refractivity contribution in [3.05, 3.63) is 40.7 Å². The molecule has 2 N–H and O–H groups in total. The zero-order valence-corrected chi connectivity index (χ0v) is 15.5. The SMILES string of the molecule is COc1ccc(NC(=O)c2cc(C)nc(NCCN(C)C)n2)cc1Cl. The van der Waals surface area contributed by atoms with Crippen LogP contribution in [0.2, 0.25) is 5.02 Å². The summed E-state index contributed by atoms with van der Waals surface area (Å²) in [5.74, 6) is 0.645. The van der Waals surface area contributed by atoms with Gasteiger partial charge in [-0.1, -0.05) is 11.6 Å². The van der Waals surface area contributed by atoms with Crippen molar-refractivity contribution in [3.63, 3.8) is 0 Å². The van der Waals surface area contributed by atoms with Crippen LogP contribution in [0.4, 0.5) is 11.6 Å². The van der Waals surface area contributed by atoms with Crippen molar-refractivity contribution >= 4 is 29.1 Å². The number of rotatable bonds is 7. The fourth-order valence-electron chi connectivity index (χ4n) is 2.09. The number of hydrogen-bond donors (Lipinski definition) is 2. The van der Waals surface area contributed by atoms with Crippen LogP contribution in [0.15, 0.2) is 24.3 Å². The van der Waals surface area contributed by atoms with E-state index in [-0.39, 0.29) is 11.6 Å². The minimum Gasteiger partial charge on any atom is -0.495 e. The Labute approximate surface area is 152 Å². The molecule has 0 aliphatic heterocycles. The molecule has 0 spiro atoms. The third kappa shape index (κ3) is 5.58. The van der Waals surface area contributed by atoms with Gasteiger partial charge in [-0.3, -0.25) is 4.79 Å². The van der Waals surface area contributed by atoms with E-state index in [4.69, 9.17) is 16.3 Å². The molecule has 2 rings (SSSR count). The van der Waals surface area contributed by atoms with E-state index < -0.39 is 0 Å². The molecular formula is C17H22ClN5O2. The van der Waals surface area contributed by atoms with Crippen molar-refractivity contribution in [1.29, 1.82) is 0 Å². The van der Waals surface area contributed by atoms with E-state index in [1.54, 1.807) is 24.3 Å². The summed E-state index contributed by atoms with van der Waals surface area (Å²) >= 11 is 6.08. The Bertz CT molecular complexity index is 752. The third-order valence-corrected chi connectivity index (χ3v) is 3.63. The summed E-state index contributed by atoms with van der Waals surface area (Å²) in [4.78, 5) is 23.1. The van der Waals surface area contributed by atoms with Crippen molar-refractivity contribution in [2.24, 2.45) is 0 Å². The lowest BCUT2D eigenvalue weighted by Gasteiger charge is -2.12. The van der Waals surface area contributed by atoms with Crippen molar-refractivity contribution in [2.75, 3.05) is 44.9 Å². The van der Waals surface area contributed by atoms with Gasteiger partial charge >= 0.3 is 0 Å². The maximum Gasteiger partial charge on any atom is 0.274 e. The molecular weight excluding hydrogens is 342 g/mol. The number of halogens is 1. The summed E-state index contributed by atoms with van der Waals surface area (Å²) in [6.07, 6.45) is 0. The first-order valence-corrected chi connectivity index (χ1v) is 8.16. The van der Waals surface area contributed by atoms with Gasteiger partial charge in [0.25, 0.3) is 5.91 Å². The van der Waals surface area contributed by atoms with Crippen molar-refractivity contribution < 1.29 is 9.53 Å². The second kappa shape index (κ2) is 8.64. The fourth-order valence-corrected chi connectivity index (χ4v) is 2.35. The molecule has 25 heavy (non-hydrogen) atoms. The van der Waals surface area contributed by atoms with Gasteiger partial charge in [-0.25, -0.2) is 9.97 Å². The average Bonchev–Trinajstić information content (AvgIpc) is 2.54. The van der Waals surface area contributed by atoms with Crippen molar-refractivity contribution in [2.45, 2.75) is 6.92 Å². The van der Waals surface area contributed by atoms with E-state index >= 15 is 0 Å². The fraction of sp³-hybridized carbons (Fsp3) is 0.353. The van der Waals surface area contributed by atoms with Crippen LogP contribution in [0.25, 0.3) is 0 Å². The zero-order valence-electron chi connectivity index (χ0n) is 14.8. The third-order valence-electron chi connectivity index (χ3n) is 3.34. The van der Waals surface area contributed by atoms with Gasteiger partial charge in [0.2, 0.25) is 5.95 Å². The number of carbonyl (C=O) groups excluding carboxylic acids is 1. The quantitative estimate of drug-likeness (QED) is 0.787. The molecule has 0 saturated carbocycles. The first-order chi connectivity index (χ1) is 11.9. The summed E-state index contributed by atoms with van der Waals surface area (Å²) in [5, 5.41) is 6.31. The number of ether oxygens (including phenoxy) is 1. The number of nitrogens with zero attached hydrogens (tertiary/aromatic N) is 3. The molecule has 0 fully saturated rings. The first kappa shape index (κ1) is 19.0. The summed E-state index contributed by atoms with van der Waals surface area (Å²) < 4.78 is 5.10. The lowest BCUT2D eigenvalue weighted by Crippen LogP contribution is -2.22. The minimum atomic E-state index is -0.331. The Balaban J connectivity index is 2.10. The molecule has 1 heterocycles. The number of benzene rings is 1. The molecule has 1 amide bonds. The number of aryl methyl sites for hydroxylation is 1. The van der Waals surface area contributed by atoms with E-state index in [2.05, 4.69) is 20.6 Å². The number of amides is 1. The van der Waals surface area contributed by atoms with Crippen LogP contribution < -0.4 is 15.4 Å². The van der Waals surface area contributed by atoms with Gasteiger partial charge in [-0.05, 0) is 45.3 Å². The summed E-state index contributed by atoms with van der Waals surface area (Å²) in [6, 6.07) is 6.67. The predicted octanol–water partition coefficient (Wildman–Crippen LogP) is 2.67. The van der Waals surface area contributed by atoms with Crippen LogP contribution >= 0.6 is 11.6 Å². The topological polar surface area (TPSA) is 79.4 Å². The van der Waals surface area contributed by atoms with E-state index in [1.165, 1.54) is 7.11 Å². The van der Waals surface area contributed by atoms with Gasteiger partial charge in [-0.2, -0.15) is 0 Å². The second-order valence-electron chi connectivity index (χ2n) is 5.75. The summed E-state index contributed by atoms with van der Waals surface area (Å²) in [5.41, 5.74) is 1.56. The molecule has 0 unspecified atom stereocenters. The first-order valence-electron chi connectivity index (χ1n) is 7.78. The van der Waals surface area contributed by atoms with E-state index in [1.807, 2.05) is 25.9 Å². The van der Waals surface area contributed by atoms with Crippen LogP contribution in [0.5, 0.6) is 5.75 Å². The molecule has 0 radical (unpaired) electrons. The number of carbonyl (C=O) groups is 1. The molecule has 0 atom stereocenters. The van der Waals surface area contributed by atoms with E-state index in [0.717, 1.165) is 6.54 Å². The van der Waals surface area contributed by atoms with Crippen molar-refractivity contribution in [3.8, 4) is 5.75 Å². The van der Waals surface area contributed by atoms with Gasteiger partial charge in [0, 0.05) is 24.5 Å². The Morgan fingerprint density at radius 3 is 2.68 bits per heavy atom. The summed E-state index contributed by atoms with van der Waals surface area (Å²) in [6.45, 7) is 3.34. The van der Waals surface area contributed by atoms with Crippen LogP contribution in [0.1, 0.15) is 16.2 Å². The number of aromatic nitrogens is 2. The second-order valence-corrected chi connectivity index (χ2v) is 6.16. The molecule has 0 aliphatic rings. The molecule has 0 saturated heterocycles. The molecule has 1 aromatic heterocycles. The predicted molar refractivity (Wildman–Crippen MR) is 99.8 cm³/mol. The molecule has 0 bridgehead atoms. The van der Waals surface area contributed by atoms with Crippen LogP contribution in [0, 0.1) is 6.92 Å². The van der Waals surface area contributed by atoms with Gasteiger partial charge < -0.3 is 20.3 Å². The standard InChI is InChI=1S/C17H22ClN5O2/c1-11-9-14(22-17(20-11)19-7-8-23(2)3)16(24)21-12-5-6-15(25-4)13(18)10-12/h5-6,9-10H,7-8H2,1-4H3,(H,21,24)(H,19,20,22). The Kier molecular flexibility index (Phi) is 6.55. The Morgan fingerprint density at radius 1 is 1.28 bits per heavy atom. The molecule has 7 nitrogen and oxygen atoms in total. The maximum atomic E-state index is 12.5. The van der Waals surface area contributed by atoms with Gasteiger partial charge in [0.1, 0.15) is 11.4 Å². The van der Waals surface area contributed by atoms with Gasteiger partial charge in [-0.15, -0.1) is 0 Å². The highest BCUT2D eigenvalue weighted by atomic mass is 35.5. The van der Waals surface area contributed by atoms with Gasteiger partial charge in [0.05, 0.1) is 12.1 Å². The number of methoxy groups -OCH3 is 1. The lowest BCUT2D eigenvalue weighted by atomic mass is 10.2. The number of nitrogens with one attached hydrogen (secondary N) is 2. The lowest BCUT2D eigenvalue weighted by molar-refractivity contribution is 0.102. The number of hydrogen-bond acceptors (Lipinski definition) is 6. The summed E-state index contributed by atoms with van der Waals surface area (Å²) in [7, 11) is 5.50. The molecule has 8 heteroatoms. The van der Waals surface area contributed by atoms with Gasteiger partial charge in [0.15, 0.2) is 0 Å². The van der Waals surface area contributed by atoms with E-state index in [9.17, 15) is 4.79 Å². The highest BCUT2D eigenvalue weighted by molar-refractivity contribution is 6.32. The Hall–Kier alpha value is -2.38. The normalized spacial score (nSPS) is 10.6.